The number of hydrogen-bond acceptors (Lipinski definition) is 4. The Morgan fingerprint density at radius 3 is 2.72 bits per heavy atom. The third-order valence-corrected chi connectivity index (χ3v) is 6.55. The maximum absolute atomic E-state index is 12.5. The van der Waals surface area contributed by atoms with Gasteiger partial charge in [0.1, 0.15) is 5.82 Å². The Hall–Kier alpha value is -2.90. The summed E-state index contributed by atoms with van der Waals surface area (Å²) in [7, 11) is 0. The predicted molar refractivity (Wildman–Crippen MR) is 130 cm³/mol. The van der Waals surface area contributed by atoms with Crippen molar-refractivity contribution in [1.29, 1.82) is 0 Å². The normalized spacial score (nSPS) is 17.3. The molecular formula is C24H21BrClN5O. The van der Waals surface area contributed by atoms with Crippen molar-refractivity contribution >= 4 is 44.9 Å². The van der Waals surface area contributed by atoms with Gasteiger partial charge in [0.25, 0.3) is 0 Å². The fraction of sp³-hybridized carbons (Fsp3) is 0.208. The van der Waals surface area contributed by atoms with Crippen LogP contribution in [0.5, 0.6) is 0 Å². The molecule has 2 N–H and O–H groups in total. The molecule has 1 aliphatic rings. The first-order chi connectivity index (χ1) is 15.6. The van der Waals surface area contributed by atoms with Crippen molar-refractivity contribution < 1.29 is 4.79 Å². The van der Waals surface area contributed by atoms with Crippen LogP contribution >= 0.6 is 27.5 Å². The molecule has 8 heteroatoms. The number of fused-ring (bicyclic) bond motifs is 1. The van der Waals surface area contributed by atoms with Crippen LogP contribution in [0.25, 0.3) is 16.9 Å². The molecule has 4 aromatic rings. The Balaban J connectivity index is 1.25. The van der Waals surface area contributed by atoms with Gasteiger partial charge in [0.05, 0.1) is 16.4 Å². The van der Waals surface area contributed by atoms with Crippen LogP contribution in [0.2, 0.25) is 5.02 Å². The first kappa shape index (κ1) is 21.0. The smallest absolute Gasteiger partial charge is 0.223 e. The maximum Gasteiger partial charge on any atom is 0.223 e. The van der Waals surface area contributed by atoms with Gasteiger partial charge in [-0.3, -0.25) is 4.79 Å². The van der Waals surface area contributed by atoms with Crippen LogP contribution in [0.3, 0.4) is 0 Å². The van der Waals surface area contributed by atoms with Crippen LogP contribution in [0, 0.1) is 5.92 Å². The highest BCUT2D eigenvalue weighted by atomic mass is 79.9. The van der Waals surface area contributed by atoms with Gasteiger partial charge < -0.3 is 10.6 Å². The number of aromatic nitrogens is 3. The molecule has 1 aliphatic carbocycles. The quantitative estimate of drug-likeness (QED) is 0.338. The zero-order valence-corrected chi connectivity index (χ0v) is 19.5. The molecule has 0 spiro atoms. The van der Waals surface area contributed by atoms with E-state index in [2.05, 4.69) is 43.8 Å². The van der Waals surface area contributed by atoms with E-state index < -0.39 is 0 Å². The molecule has 32 heavy (non-hydrogen) atoms. The molecular weight excluding hydrogens is 490 g/mol. The summed E-state index contributed by atoms with van der Waals surface area (Å²) in [4.78, 5) is 17.2. The van der Waals surface area contributed by atoms with Crippen molar-refractivity contribution in [3.05, 3.63) is 81.9 Å². The minimum absolute atomic E-state index is 0.0685. The summed E-state index contributed by atoms with van der Waals surface area (Å²) >= 11 is 9.90. The van der Waals surface area contributed by atoms with Crippen LogP contribution in [0.4, 0.5) is 5.82 Å². The molecule has 162 valence electrons. The van der Waals surface area contributed by atoms with Gasteiger partial charge >= 0.3 is 0 Å². The third kappa shape index (κ3) is 4.23. The second-order valence-corrected chi connectivity index (χ2v) is 9.07. The van der Waals surface area contributed by atoms with Gasteiger partial charge in [-0.15, -0.1) is 0 Å². The molecule has 1 fully saturated rings. The molecule has 2 heterocycles. The van der Waals surface area contributed by atoms with E-state index in [0.29, 0.717) is 29.7 Å². The van der Waals surface area contributed by atoms with Gasteiger partial charge in [0.15, 0.2) is 5.65 Å². The van der Waals surface area contributed by atoms with Crippen LogP contribution in [-0.2, 0) is 4.79 Å². The maximum atomic E-state index is 12.5. The number of benzene rings is 2. The van der Waals surface area contributed by atoms with E-state index in [9.17, 15) is 4.79 Å². The van der Waals surface area contributed by atoms with Gasteiger partial charge in [-0.2, -0.15) is 9.61 Å². The van der Waals surface area contributed by atoms with E-state index in [4.69, 9.17) is 16.6 Å². The number of rotatable bonds is 7. The SMILES string of the molecule is O=C(NCCNc1cc(-c2ccccc2Cl)nc2c(Br)cnn12)C1CC1c1ccccc1. The monoisotopic (exact) mass is 509 g/mol. The summed E-state index contributed by atoms with van der Waals surface area (Å²) in [5.74, 6) is 1.29. The minimum Gasteiger partial charge on any atom is -0.368 e. The molecule has 0 saturated heterocycles. The van der Waals surface area contributed by atoms with E-state index in [1.807, 2.05) is 48.5 Å². The topological polar surface area (TPSA) is 71.3 Å². The molecule has 0 aliphatic heterocycles. The number of nitrogens with zero attached hydrogens (tertiary/aromatic N) is 3. The van der Waals surface area contributed by atoms with Crippen molar-refractivity contribution in [3.63, 3.8) is 0 Å². The molecule has 5 rings (SSSR count). The van der Waals surface area contributed by atoms with Gasteiger partial charge in [0.2, 0.25) is 5.91 Å². The lowest BCUT2D eigenvalue weighted by molar-refractivity contribution is -0.122. The van der Waals surface area contributed by atoms with Crippen LogP contribution in [0.15, 0.2) is 71.3 Å². The first-order valence-corrected chi connectivity index (χ1v) is 11.6. The summed E-state index contributed by atoms with van der Waals surface area (Å²) in [6, 6.07) is 19.7. The van der Waals surface area contributed by atoms with Crippen LogP contribution in [0.1, 0.15) is 17.9 Å². The average Bonchev–Trinajstić information content (AvgIpc) is 3.54. The Morgan fingerprint density at radius 1 is 1.12 bits per heavy atom. The fourth-order valence-electron chi connectivity index (χ4n) is 3.93. The summed E-state index contributed by atoms with van der Waals surface area (Å²) < 4.78 is 2.53. The van der Waals surface area contributed by atoms with Crippen molar-refractivity contribution in [1.82, 2.24) is 19.9 Å². The Bertz CT molecular complexity index is 1280. The lowest BCUT2D eigenvalue weighted by Crippen LogP contribution is -2.30. The molecule has 6 nitrogen and oxygen atoms in total. The number of amides is 1. The van der Waals surface area contributed by atoms with Gasteiger partial charge in [-0.25, -0.2) is 4.98 Å². The fourth-order valence-corrected chi connectivity index (χ4v) is 4.51. The van der Waals surface area contributed by atoms with E-state index in [1.165, 1.54) is 5.56 Å². The summed E-state index contributed by atoms with van der Waals surface area (Å²) in [6.45, 7) is 1.08. The van der Waals surface area contributed by atoms with Crippen LogP contribution in [-0.4, -0.2) is 33.6 Å². The van der Waals surface area contributed by atoms with Crippen LogP contribution < -0.4 is 10.6 Å². The number of carbonyl (C=O) groups is 1. The number of carbonyl (C=O) groups excluding carboxylic acids is 1. The molecule has 1 saturated carbocycles. The number of anilines is 1. The van der Waals surface area contributed by atoms with Gasteiger partial charge in [0, 0.05) is 35.7 Å². The van der Waals surface area contributed by atoms with Crippen molar-refractivity contribution in [2.75, 3.05) is 18.4 Å². The number of nitrogens with one attached hydrogen (secondary N) is 2. The summed E-state index contributed by atoms with van der Waals surface area (Å²) in [5.41, 5.74) is 3.53. The largest absolute Gasteiger partial charge is 0.368 e. The highest BCUT2D eigenvalue weighted by Crippen LogP contribution is 2.47. The van der Waals surface area contributed by atoms with E-state index in [1.54, 1.807) is 10.7 Å². The zero-order valence-electron chi connectivity index (χ0n) is 17.1. The van der Waals surface area contributed by atoms with Crippen molar-refractivity contribution in [3.8, 4) is 11.3 Å². The lowest BCUT2D eigenvalue weighted by atomic mass is 10.1. The first-order valence-electron chi connectivity index (χ1n) is 10.5. The average molecular weight is 511 g/mol. The molecule has 1 amide bonds. The Morgan fingerprint density at radius 2 is 1.91 bits per heavy atom. The molecule has 2 aromatic heterocycles. The minimum atomic E-state index is 0.0685. The molecule has 2 aromatic carbocycles. The molecule has 0 radical (unpaired) electrons. The van der Waals surface area contributed by atoms with Crippen molar-refractivity contribution in [2.24, 2.45) is 5.92 Å². The molecule has 2 unspecified atom stereocenters. The predicted octanol–water partition coefficient (Wildman–Crippen LogP) is 5.14. The van der Waals surface area contributed by atoms with E-state index in [-0.39, 0.29) is 11.8 Å². The lowest BCUT2D eigenvalue weighted by Gasteiger charge is -2.12. The number of halogens is 2. The highest BCUT2D eigenvalue weighted by Gasteiger charge is 2.43. The second-order valence-electron chi connectivity index (χ2n) is 7.81. The van der Waals surface area contributed by atoms with E-state index in [0.717, 1.165) is 28.0 Å². The van der Waals surface area contributed by atoms with Gasteiger partial charge in [-0.05, 0) is 39.9 Å². The summed E-state index contributed by atoms with van der Waals surface area (Å²) in [5, 5.41) is 11.4. The molecule has 2 atom stereocenters. The Labute approximate surface area is 199 Å². The van der Waals surface area contributed by atoms with Gasteiger partial charge in [-0.1, -0.05) is 60.1 Å². The second kappa shape index (κ2) is 8.92. The highest BCUT2D eigenvalue weighted by molar-refractivity contribution is 9.10. The molecule has 0 bridgehead atoms. The summed E-state index contributed by atoms with van der Waals surface area (Å²) in [6.07, 6.45) is 2.62. The number of hydrogen-bond donors (Lipinski definition) is 2. The standard InChI is InChI=1S/C24H21BrClN5O/c25-19-14-29-31-22(13-21(30-23(19)31)16-8-4-5-9-20(16)26)27-10-11-28-24(32)18-12-17(18)15-6-2-1-3-7-15/h1-9,13-14,17-18,27H,10-12H2,(H,28,32). The van der Waals surface area contributed by atoms with Crippen molar-refractivity contribution in [2.45, 2.75) is 12.3 Å². The van der Waals surface area contributed by atoms with E-state index >= 15 is 0 Å². The third-order valence-electron chi connectivity index (χ3n) is 5.66. The Kier molecular flexibility index (Phi) is 5.85. The zero-order chi connectivity index (χ0) is 22.1.